The summed E-state index contributed by atoms with van der Waals surface area (Å²) in [5.74, 6) is -0.681. The number of aliphatic hydroxyl groups is 2. The van der Waals surface area contributed by atoms with Gasteiger partial charge in [0.2, 0.25) is 5.82 Å². The molecule has 0 aliphatic rings. The zero-order valence-corrected chi connectivity index (χ0v) is 14.9. The molecule has 148 valence electrons. The van der Waals surface area contributed by atoms with Crippen molar-refractivity contribution < 1.29 is 28.2 Å². The van der Waals surface area contributed by atoms with Gasteiger partial charge in [-0.2, -0.15) is 13.2 Å². The molecule has 0 radical (unpaired) electrons. The fourth-order valence-electron chi connectivity index (χ4n) is 2.95. The van der Waals surface area contributed by atoms with Crippen LogP contribution < -0.4 is 0 Å². The van der Waals surface area contributed by atoms with Crippen LogP contribution in [0.15, 0.2) is 48.7 Å². The van der Waals surface area contributed by atoms with E-state index in [9.17, 15) is 23.1 Å². The number of aromatic nitrogens is 2. The fraction of sp³-hybridized carbons (Fsp3) is 0.263. The van der Waals surface area contributed by atoms with Crippen LogP contribution in [-0.2, 0) is 6.18 Å². The number of aliphatic hydroxyl groups excluding tert-OH is 2. The van der Waals surface area contributed by atoms with E-state index in [2.05, 4.69) is 4.98 Å². The summed E-state index contributed by atoms with van der Waals surface area (Å²) in [6.45, 7) is -0.671. The molecule has 9 heteroatoms. The Labute approximate surface area is 158 Å². The van der Waals surface area contributed by atoms with E-state index in [0.29, 0.717) is 5.52 Å². The van der Waals surface area contributed by atoms with E-state index < -0.39 is 30.4 Å². The summed E-state index contributed by atoms with van der Waals surface area (Å²) < 4.78 is 41.8. The Morgan fingerprint density at radius 3 is 2.57 bits per heavy atom. The second kappa shape index (κ2) is 7.61. The van der Waals surface area contributed by atoms with Gasteiger partial charge in [-0.05, 0) is 18.2 Å². The first-order valence-electron chi connectivity index (χ1n) is 8.42. The number of alkyl halides is 3. The normalized spacial score (nSPS) is 12.9. The zero-order chi connectivity index (χ0) is 20.5. The maximum absolute atomic E-state index is 13.4. The van der Waals surface area contributed by atoms with Crippen molar-refractivity contribution in [3.05, 3.63) is 60.0 Å². The molecule has 6 nitrogen and oxygen atoms in total. The Balaban J connectivity index is 2.15. The Hall–Kier alpha value is -2.91. The van der Waals surface area contributed by atoms with Crippen LogP contribution in [0.1, 0.15) is 16.2 Å². The molecule has 28 heavy (non-hydrogen) atoms. The molecule has 0 spiro atoms. The molecule has 1 aromatic carbocycles. The first-order valence-corrected chi connectivity index (χ1v) is 8.42. The molecule has 2 heterocycles. The molecule has 3 rings (SSSR count). The predicted octanol–water partition coefficient (Wildman–Crippen LogP) is 2.45. The average Bonchev–Trinajstić information content (AvgIpc) is 3.06. The van der Waals surface area contributed by atoms with Crippen molar-refractivity contribution in [3.63, 3.8) is 0 Å². The number of fused-ring (bicyclic) bond motifs is 1. The number of carbonyl (C=O) groups excluding carboxylic acids is 1. The van der Waals surface area contributed by atoms with Gasteiger partial charge < -0.3 is 15.1 Å². The maximum atomic E-state index is 13.4. The van der Waals surface area contributed by atoms with Crippen LogP contribution >= 0.6 is 0 Å². The summed E-state index contributed by atoms with van der Waals surface area (Å²) in [4.78, 5) is 18.1. The number of amides is 1. The van der Waals surface area contributed by atoms with E-state index in [-0.39, 0.29) is 23.6 Å². The van der Waals surface area contributed by atoms with Crippen LogP contribution in [-0.4, -0.2) is 56.7 Å². The lowest BCUT2D eigenvalue weighted by Crippen LogP contribution is -2.36. The highest BCUT2D eigenvalue weighted by Gasteiger charge is 2.35. The zero-order valence-electron chi connectivity index (χ0n) is 14.9. The molecule has 1 atom stereocenters. The molecule has 2 N–H and O–H groups in total. The number of rotatable bonds is 5. The van der Waals surface area contributed by atoms with E-state index in [1.54, 1.807) is 18.2 Å². The molecule has 2 aromatic heterocycles. The number of benzene rings is 1. The van der Waals surface area contributed by atoms with E-state index in [4.69, 9.17) is 5.11 Å². The van der Waals surface area contributed by atoms with E-state index in [1.165, 1.54) is 35.8 Å². The minimum absolute atomic E-state index is 0.0352. The van der Waals surface area contributed by atoms with Crippen molar-refractivity contribution in [3.8, 4) is 11.3 Å². The summed E-state index contributed by atoms with van der Waals surface area (Å²) in [6.07, 6.45) is -4.18. The second-order valence-corrected chi connectivity index (χ2v) is 6.31. The van der Waals surface area contributed by atoms with Crippen molar-refractivity contribution in [2.75, 3.05) is 20.2 Å². The molecule has 3 aromatic rings. The minimum Gasteiger partial charge on any atom is -0.394 e. The largest absolute Gasteiger partial charge is 0.417 e. The van der Waals surface area contributed by atoms with Gasteiger partial charge in [0.1, 0.15) is 0 Å². The smallest absolute Gasteiger partial charge is 0.394 e. The molecular weight excluding hydrogens is 375 g/mol. The average molecular weight is 393 g/mol. The second-order valence-electron chi connectivity index (χ2n) is 6.31. The lowest BCUT2D eigenvalue weighted by atomic mass is 10.0. The van der Waals surface area contributed by atoms with Crippen molar-refractivity contribution in [1.29, 1.82) is 0 Å². The Morgan fingerprint density at radius 2 is 1.89 bits per heavy atom. The first-order chi connectivity index (χ1) is 13.2. The number of hydrogen-bond acceptors (Lipinski definition) is 4. The number of halogens is 3. The van der Waals surface area contributed by atoms with Gasteiger partial charge in [0.25, 0.3) is 5.91 Å². The van der Waals surface area contributed by atoms with Gasteiger partial charge in [-0.1, -0.05) is 24.3 Å². The highest BCUT2D eigenvalue weighted by Crippen LogP contribution is 2.38. The molecule has 0 unspecified atom stereocenters. The summed E-state index contributed by atoms with van der Waals surface area (Å²) in [5.41, 5.74) is -0.593. The summed E-state index contributed by atoms with van der Waals surface area (Å²) >= 11 is 0. The fourth-order valence-corrected chi connectivity index (χ4v) is 2.95. The van der Waals surface area contributed by atoms with Crippen molar-refractivity contribution in [2.24, 2.45) is 0 Å². The standard InChI is InChI=1S/C19H18F3N3O3/c1-24(10-12(27)11-26)18(28)17-23-16(15-8-4-5-9-25(15)17)13-6-2-3-7-14(13)19(20,21)22/h2-9,12,26-27H,10-11H2,1H3/t12-/m0/s1. The van der Waals surface area contributed by atoms with Crippen molar-refractivity contribution in [1.82, 2.24) is 14.3 Å². The number of nitrogens with zero attached hydrogens (tertiary/aromatic N) is 3. The van der Waals surface area contributed by atoms with Crippen LogP contribution in [0.25, 0.3) is 16.8 Å². The summed E-state index contributed by atoms with van der Waals surface area (Å²) in [7, 11) is 1.41. The molecule has 0 fully saturated rings. The Bertz CT molecular complexity index is 1000. The third-order valence-electron chi connectivity index (χ3n) is 4.27. The lowest BCUT2D eigenvalue weighted by molar-refractivity contribution is -0.137. The topological polar surface area (TPSA) is 78.1 Å². The van der Waals surface area contributed by atoms with Crippen LogP contribution in [0.3, 0.4) is 0 Å². The molecule has 0 saturated heterocycles. The van der Waals surface area contributed by atoms with Gasteiger partial charge in [0.05, 0.1) is 29.5 Å². The molecular formula is C19H18F3N3O3. The molecule has 1 amide bonds. The van der Waals surface area contributed by atoms with Crippen LogP contribution in [0.2, 0.25) is 0 Å². The van der Waals surface area contributed by atoms with Gasteiger partial charge in [0.15, 0.2) is 0 Å². The van der Waals surface area contributed by atoms with E-state index in [0.717, 1.165) is 11.0 Å². The number of imidazole rings is 1. The Kier molecular flexibility index (Phi) is 5.39. The van der Waals surface area contributed by atoms with Crippen LogP contribution in [0.4, 0.5) is 13.2 Å². The Morgan fingerprint density at radius 1 is 1.21 bits per heavy atom. The van der Waals surface area contributed by atoms with E-state index >= 15 is 0 Å². The highest BCUT2D eigenvalue weighted by molar-refractivity contribution is 5.94. The van der Waals surface area contributed by atoms with Gasteiger partial charge in [-0.15, -0.1) is 0 Å². The number of hydrogen-bond donors (Lipinski definition) is 2. The summed E-state index contributed by atoms with van der Waals surface area (Å²) in [5, 5.41) is 18.5. The quantitative estimate of drug-likeness (QED) is 0.698. The van der Waals surface area contributed by atoms with Gasteiger partial charge >= 0.3 is 6.18 Å². The predicted molar refractivity (Wildman–Crippen MR) is 95.7 cm³/mol. The summed E-state index contributed by atoms with van der Waals surface area (Å²) in [6, 6.07) is 9.90. The SMILES string of the molecule is CN(C[C@H](O)CO)C(=O)c1nc(-c2ccccc2C(F)(F)F)c2ccccn12. The molecule has 0 aliphatic heterocycles. The highest BCUT2D eigenvalue weighted by atomic mass is 19.4. The molecule has 0 bridgehead atoms. The van der Waals surface area contributed by atoms with Gasteiger partial charge in [-0.3, -0.25) is 9.20 Å². The third-order valence-corrected chi connectivity index (χ3v) is 4.27. The number of carbonyl (C=O) groups is 1. The van der Waals surface area contributed by atoms with Gasteiger partial charge in [-0.25, -0.2) is 4.98 Å². The van der Waals surface area contributed by atoms with Gasteiger partial charge in [0, 0.05) is 25.4 Å². The third kappa shape index (κ3) is 3.71. The lowest BCUT2D eigenvalue weighted by Gasteiger charge is -2.18. The molecule has 0 aliphatic carbocycles. The van der Waals surface area contributed by atoms with Crippen LogP contribution in [0, 0.1) is 0 Å². The van der Waals surface area contributed by atoms with E-state index in [1.807, 2.05) is 0 Å². The number of likely N-dealkylation sites (N-methyl/N-ethyl adjacent to an activating group) is 1. The van der Waals surface area contributed by atoms with Crippen molar-refractivity contribution in [2.45, 2.75) is 12.3 Å². The first kappa shape index (κ1) is 19.8. The minimum atomic E-state index is -4.58. The maximum Gasteiger partial charge on any atom is 0.417 e. The van der Waals surface area contributed by atoms with Crippen LogP contribution in [0.5, 0.6) is 0 Å². The monoisotopic (exact) mass is 393 g/mol. The molecule has 0 saturated carbocycles. The number of pyridine rings is 1. The van der Waals surface area contributed by atoms with Crippen molar-refractivity contribution >= 4 is 11.4 Å².